The van der Waals surface area contributed by atoms with Crippen LogP contribution in [0.4, 0.5) is 0 Å². The molecule has 3 aliphatic rings. The molecule has 0 aliphatic carbocycles. The molecule has 11 heteroatoms. The number of aromatic amines is 1. The van der Waals surface area contributed by atoms with Crippen LogP contribution in [-0.4, -0.2) is 68.7 Å². The molecule has 4 heterocycles. The average Bonchev–Trinajstić information content (AvgIpc) is 3.41. The summed E-state index contributed by atoms with van der Waals surface area (Å²) < 4.78 is 10.9. The summed E-state index contributed by atoms with van der Waals surface area (Å²) in [4.78, 5) is 45.6. The quantitative estimate of drug-likeness (QED) is 0.406. The Bertz CT molecular complexity index is 1530. The van der Waals surface area contributed by atoms with E-state index in [9.17, 15) is 14.4 Å². The fraction of sp³-hybridized carbons (Fsp3) is 0.231. The molecule has 3 aliphatic heterocycles. The molecule has 3 amide bonds. The first-order chi connectivity index (χ1) is 17.9. The van der Waals surface area contributed by atoms with Gasteiger partial charge in [-0.2, -0.15) is 5.01 Å². The molecular weight excluding hydrogens is 512 g/mol. The van der Waals surface area contributed by atoms with Crippen LogP contribution in [0.3, 0.4) is 0 Å². The highest BCUT2D eigenvalue weighted by molar-refractivity contribution is 8.26. The molecule has 1 aromatic heterocycles. The van der Waals surface area contributed by atoms with Crippen molar-refractivity contribution in [1.82, 2.24) is 19.9 Å². The number of hydrazine groups is 1. The van der Waals surface area contributed by atoms with E-state index in [4.69, 9.17) is 21.7 Å². The van der Waals surface area contributed by atoms with Crippen LogP contribution in [0.5, 0.6) is 11.5 Å². The molecule has 37 heavy (non-hydrogen) atoms. The number of piperazine rings is 1. The number of nitrogens with zero attached hydrogens (tertiary/aromatic N) is 3. The first-order valence-corrected chi connectivity index (χ1v) is 12.8. The average molecular weight is 535 g/mol. The number of methoxy groups -OCH3 is 2. The number of carbonyl (C=O) groups excluding carboxylic acids is 3. The van der Waals surface area contributed by atoms with Crippen molar-refractivity contribution >= 4 is 63.0 Å². The van der Waals surface area contributed by atoms with Gasteiger partial charge in [0, 0.05) is 34.6 Å². The number of hydrogen-bond acceptors (Lipinski definition) is 7. The zero-order valence-corrected chi connectivity index (χ0v) is 21.6. The summed E-state index contributed by atoms with van der Waals surface area (Å²) in [6.45, 7) is 0.0686. The largest absolute Gasteiger partial charge is 0.497 e. The van der Waals surface area contributed by atoms with Crippen LogP contribution in [0.25, 0.3) is 17.0 Å². The second-order valence-electron chi connectivity index (χ2n) is 8.87. The van der Waals surface area contributed by atoms with Gasteiger partial charge in [-0.15, -0.1) is 0 Å². The molecule has 1 atom stereocenters. The number of benzene rings is 2. The number of ether oxygens (including phenoxy) is 2. The number of thiocarbonyl (C=S) groups is 1. The van der Waals surface area contributed by atoms with Gasteiger partial charge in [0.25, 0.3) is 11.8 Å². The second kappa shape index (κ2) is 8.93. The van der Waals surface area contributed by atoms with Crippen LogP contribution < -0.4 is 9.47 Å². The van der Waals surface area contributed by atoms with Crippen molar-refractivity contribution in [1.29, 1.82) is 0 Å². The minimum absolute atomic E-state index is 0.196. The lowest BCUT2D eigenvalue weighted by atomic mass is 9.94. The van der Waals surface area contributed by atoms with E-state index in [0.717, 1.165) is 38.9 Å². The molecule has 0 radical (unpaired) electrons. The predicted octanol–water partition coefficient (Wildman–Crippen LogP) is 3.10. The first-order valence-electron chi connectivity index (χ1n) is 11.6. The smallest absolute Gasteiger partial charge is 0.285 e. The number of thioether (sulfide) groups is 1. The van der Waals surface area contributed by atoms with Gasteiger partial charge in [0.15, 0.2) is 4.32 Å². The molecule has 0 unspecified atom stereocenters. The molecule has 0 bridgehead atoms. The van der Waals surface area contributed by atoms with Crippen LogP contribution in [0.15, 0.2) is 47.4 Å². The number of fused-ring (bicyclic) bond motifs is 4. The van der Waals surface area contributed by atoms with E-state index in [-0.39, 0.29) is 22.7 Å². The molecule has 1 N–H and O–H groups in total. The van der Waals surface area contributed by atoms with Crippen LogP contribution in [0, 0.1) is 0 Å². The maximum absolute atomic E-state index is 13.7. The van der Waals surface area contributed by atoms with Crippen molar-refractivity contribution in [2.75, 3.05) is 20.8 Å². The van der Waals surface area contributed by atoms with Gasteiger partial charge < -0.3 is 19.4 Å². The fourth-order valence-corrected chi connectivity index (χ4v) is 6.34. The van der Waals surface area contributed by atoms with Gasteiger partial charge in [-0.25, -0.2) is 5.01 Å². The molecule has 3 aromatic rings. The Hall–Kier alpha value is -3.83. The Kier molecular flexibility index (Phi) is 5.68. The number of H-pyrrole nitrogens is 1. The van der Waals surface area contributed by atoms with Gasteiger partial charge in [-0.05, 0) is 42.1 Å². The van der Waals surface area contributed by atoms with E-state index in [1.807, 2.05) is 24.3 Å². The zero-order chi connectivity index (χ0) is 25.8. The van der Waals surface area contributed by atoms with E-state index >= 15 is 0 Å². The summed E-state index contributed by atoms with van der Waals surface area (Å²) in [5.74, 6) is 0.139. The minimum Gasteiger partial charge on any atom is -0.497 e. The van der Waals surface area contributed by atoms with E-state index < -0.39 is 11.9 Å². The zero-order valence-electron chi connectivity index (χ0n) is 20.0. The highest BCUT2D eigenvalue weighted by Crippen LogP contribution is 2.38. The normalized spacial score (nSPS) is 20.6. The Balaban J connectivity index is 1.30. The van der Waals surface area contributed by atoms with Gasteiger partial charge in [0.2, 0.25) is 5.91 Å². The summed E-state index contributed by atoms with van der Waals surface area (Å²) >= 11 is 6.58. The number of rotatable bonds is 4. The molecule has 0 saturated carbocycles. The molecule has 9 nitrogen and oxygen atoms in total. The van der Waals surface area contributed by atoms with Gasteiger partial charge in [0.1, 0.15) is 24.1 Å². The Labute approximate surface area is 221 Å². The molecule has 188 valence electrons. The standard InChI is InChI=1S/C26H22N4O5S2/c1-34-15-8-7-14(21(10-15)35-2)9-22-25(33)30(26(36)37-22)29-13-23(31)28-12-19-17(11-20(28)24(29)32)16-5-3-4-6-18(16)27-19/h3-10,20,27H,11-13H2,1-2H3/t20-/m0/s1. The van der Waals surface area contributed by atoms with Gasteiger partial charge >= 0.3 is 0 Å². The van der Waals surface area contributed by atoms with Crippen molar-refractivity contribution in [3.05, 3.63) is 64.2 Å². The molecular formula is C26H22N4O5S2. The number of hydrogen-bond donors (Lipinski definition) is 1. The monoisotopic (exact) mass is 534 g/mol. The lowest BCUT2D eigenvalue weighted by Gasteiger charge is -2.44. The van der Waals surface area contributed by atoms with Crippen molar-refractivity contribution in [2.45, 2.75) is 19.0 Å². The summed E-state index contributed by atoms with van der Waals surface area (Å²) in [5, 5.41) is 3.40. The van der Waals surface area contributed by atoms with E-state index in [1.54, 1.807) is 36.3 Å². The van der Waals surface area contributed by atoms with Crippen LogP contribution in [0.2, 0.25) is 0 Å². The maximum Gasteiger partial charge on any atom is 0.285 e. The van der Waals surface area contributed by atoms with E-state index in [2.05, 4.69) is 4.98 Å². The fourth-order valence-electron chi connectivity index (χ4n) is 5.08. The minimum atomic E-state index is -0.705. The summed E-state index contributed by atoms with van der Waals surface area (Å²) in [6, 6.07) is 12.4. The van der Waals surface area contributed by atoms with Crippen LogP contribution in [0.1, 0.15) is 16.8 Å². The summed E-state index contributed by atoms with van der Waals surface area (Å²) in [5.41, 5.74) is 3.60. The summed E-state index contributed by atoms with van der Waals surface area (Å²) in [6.07, 6.45) is 2.03. The number of para-hydroxylation sites is 1. The van der Waals surface area contributed by atoms with Gasteiger partial charge in [-0.3, -0.25) is 14.4 Å². The van der Waals surface area contributed by atoms with Crippen LogP contribution in [-0.2, 0) is 27.3 Å². The maximum atomic E-state index is 13.7. The Morgan fingerprint density at radius 3 is 2.68 bits per heavy atom. The molecule has 0 spiro atoms. The van der Waals surface area contributed by atoms with Crippen LogP contribution >= 0.6 is 24.0 Å². The highest BCUT2D eigenvalue weighted by Gasteiger charge is 2.48. The Morgan fingerprint density at radius 1 is 1.08 bits per heavy atom. The molecule has 2 fully saturated rings. The van der Waals surface area contributed by atoms with Gasteiger partial charge in [0.05, 0.1) is 25.7 Å². The summed E-state index contributed by atoms with van der Waals surface area (Å²) in [7, 11) is 3.09. The van der Waals surface area contributed by atoms with Gasteiger partial charge in [-0.1, -0.05) is 30.0 Å². The highest BCUT2D eigenvalue weighted by atomic mass is 32.2. The van der Waals surface area contributed by atoms with Crippen molar-refractivity contribution in [3.8, 4) is 11.5 Å². The third-order valence-electron chi connectivity index (χ3n) is 6.89. The SMILES string of the molecule is COc1ccc(C=C2SC(=S)N(N3CC(=O)N4Cc5[nH]c6ccccc6c5C[C@H]4C3=O)C2=O)c(OC)c1. The third-order valence-corrected chi connectivity index (χ3v) is 8.17. The lowest BCUT2D eigenvalue weighted by molar-refractivity contribution is -0.170. The third kappa shape index (κ3) is 3.77. The molecule has 2 saturated heterocycles. The van der Waals surface area contributed by atoms with Crippen molar-refractivity contribution < 1.29 is 23.9 Å². The molecule has 2 aromatic carbocycles. The first kappa shape index (κ1) is 23.6. The number of amides is 3. The number of nitrogens with one attached hydrogen (secondary N) is 1. The Morgan fingerprint density at radius 2 is 1.89 bits per heavy atom. The molecule has 6 rings (SSSR count). The second-order valence-corrected chi connectivity index (χ2v) is 10.5. The number of aromatic nitrogens is 1. The lowest BCUT2D eigenvalue weighted by Crippen LogP contribution is -2.66. The topological polar surface area (TPSA) is 95.2 Å². The number of carbonyl (C=O) groups is 3. The van der Waals surface area contributed by atoms with E-state index in [0.29, 0.717) is 34.9 Å². The van der Waals surface area contributed by atoms with E-state index in [1.165, 1.54) is 12.1 Å². The van der Waals surface area contributed by atoms with Crippen molar-refractivity contribution in [3.63, 3.8) is 0 Å². The van der Waals surface area contributed by atoms with Crippen molar-refractivity contribution in [2.24, 2.45) is 0 Å². The predicted molar refractivity (Wildman–Crippen MR) is 143 cm³/mol.